The minimum atomic E-state index is -0.121. The highest BCUT2D eigenvalue weighted by Gasteiger charge is 2.18. The Morgan fingerprint density at radius 3 is 1.62 bits per heavy atom. The lowest BCUT2D eigenvalue weighted by Crippen LogP contribution is -2.15. The van der Waals surface area contributed by atoms with E-state index in [1.165, 1.54) is 24.3 Å². The van der Waals surface area contributed by atoms with Crippen LogP contribution in [0.5, 0.6) is 0 Å². The molecule has 0 bridgehead atoms. The van der Waals surface area contributed by atoms with Crippen LogP contribution in [0.3, 0.4) is 0 Å². The van der Waals surface area contributed by atoms with E-state index in [2.05, 4.69) is 26.8 Å². The molecule has 0 radical (unpaired) electrons. The molecule has 0 saturated heterocycles. The molecule has 1 aliphatic carbocycles. The molecule has 1 aliphatic rings. The second-order valence-electron chi connectivity index (χ2n) is 5.98. The molecule has 0 amide bonds. The van der Waals surface area contributed by atoms with Gasteiger partial charge in [0.05, 0.1) is 11.4 Å². The minimum Gasteiger partial charge on any atom is -0.397 e. The molecule has 4 nitrogen and oxygen atoms in total. The van der Waals surface area contributed by atoms with Crippen LogP contribution < -0.4 is 11.5 Å². The highest BCUT2D eigenvalue weighted by Crippen LogP contribution is 2.32. The van der Waals surface area contributed by atoms with Crippen LogP contribution in [0, 0.1) is 6.92 Å². The smallest absolute Gasteiger partial charge is 0.178 e. The number of nitrogens with two attached hydrogens (primary N) is 2. The van der Waals surface area contributed by atoms with Crippen molar-refractivity contribution < 1.29 is 9.59 Å². The highest BCUT2D eigenvalue weighted by molar-refractivity contribution is 6.14. The zero-order valence-electron chi connectivity index (χ0n) is 12.9. The number of aryl methyl sites for hydroxylation is 1. The first-order valence-electron chi connectivity index (χ1n) is 6.72. The third-order valence-electron chi connectivity index (χ3n) is 3.14. The first-order valence-corrected chi connectivity index (χ1v) is 6.72. The van der Waals surface area contributed by atoms with Gasteiger partial charge in [0.1, 0.15) is 0 Å². The number of benzene rings is 1. The molecule has 112 valence electrons. The van der Waals surface area contributed by atoms with E-state index < -0.39 is 0 Å². The molecule has 1 aromatic carbocycles. The molecule has 21 heavy (non-hydrogen) atoms. The van der Waals surface area contributed by atoms with Crippen LogP contribution in [-0.2, 0) is 15.0 Å². The molecular formula is C17H22N2O2. The zero-order valence-corrected chi connectivity index (χ0v) is 12.9. The third kappa shape index (κ3) is 4.60. The lowest BCUT2D eigenvalue weighted by molar-refractivity contribution is -0.113. The number of carbonyl (C=O) groups is 2. The van der Waals surface area contributed by atoms with E-state index in [9.17, 15) is 9.59 Å². The molecule has 0 unspecified atom stereocenters. The summed E-state index contributed by atoms with van der Waals surface area (Å²) in [5.74, 6) is -0.241. The van der Waals surface area contributed by atoms with Crippen LogP contribution in [0.15, 0.2) is 36.4 Å². The molecule has 4 N–H and O–H groups in total. The van der Waals surface area contributed by atoms with E-state index in [-0.39, 0.29) is 17.0 Å². The molecule has 0 spiro atoms. The molecule has 0 fully saturated rings. The minimum absolute atomic E-state index is 0.0614. The maximum absolute atomic E-state index is 10.3. The molecule has 0 saturated carbocycles. The average Bonchev–Trinajstić information content (AvgIpc) is 2.39. The van der Waals surface area contributed by atoms with Crippen LogP contribution in [-0.4, -0.2) is 11.6 Å². The summed E-state index contributed by atoms with van der Waals surface area (Å²) in [6.45, 7) is 8.37. The maximum Gasteiger partial charge on any atom is 0.178 e. The van der Waals surface area contributed by atoms with Gasteiger partial charge in [-0.3, -0.25) is 9.59 Å². The Kier molecular flexibility index (Phi) is 5.08. The summed E-state index contributed by atoms with van der Waals surface area (Å²) in [4.78, 5) is 20.6. The Labute approximate surface area is 125 Å². The van der Waals surface area contributed by atoms with Crippen molar-refractivity contribution in [1.82, 2.24) is 0 Å². The fourth-order valence-electron chi connectivity index (χ4n) is 1.84. The number of ketones is 2. The Morgan fingerprint density at radius 1 is 0.810 bits per heavy atom. The quantitative estimate of drug-likeness (QED) is 0.567. The number of anilines is 2. The van der Waals surface area contributed by atoms with Crippen molar-refractivity contribution in [2.75, 3.05) is 11.5 Å². The fraction of sp³-hybridized carbons (Fsp3) is 0.294. The van der Waals surface area contributed by atoms with E-state index in [1.54, 1.807) is 0 Å². The molecule has 1 aromatic rings. The zero-order chi connectivity index (χ0) is 16.2. The average molecular weight is 286 g/mol. The monoisotopic (exact) mass is 286 g/mol. The van der Waals surface area contributed by atoms with Gasteiger partial charge in [-0.15, -0.1) is 0 Å². The van der Waals surface area contributed by atoms with Gasteiger partial charge in [0.25, 0.3) is 0 Å². The van der Waals surface area contributed by atoms with Crippen molar-refractivity contribution in [1.29, 1.82) is 0 Å². The van der Waals surface area contributed by atoms with E-state index in [0.717, 1.165) is 16.8 Å². The molecular weight excluding hydrogens is 264 g/mol. The van der Waals surface area contributed by atoms with E-state index in [1.807, 2.05) is 13.0 Å². The number of nitrogen functional groups attached to an aromatic ring is 2. The van der Waals surface area contributed by atoms with E-state index in [0.29, 0.717) is 5.69 Å². The van der Waals surface area contributed by atoms with Gasteiger partial charge < -0.3 is 11.5 Å². The van der Waals surface area contributed by atoms with Crippen LogP contribution in [0.4, 0.5) is 11.4 Å². The van der Waals surface area contributed by atoms with Crippen molar-refractivity contribution in [3.05, 3.63) is 47.6 Å². The number of hydrogen-bond acceptors (Lipinski definition) is 4. The van der Waals surface area contributed by atoms with E-state index >= 15 is 0 Å². The lowest BCUT2D eigenvalue weighted by Gasteiger charge is -2.22. The summed E-state index contributed by atoms with van der Waals surface area (Å²) >= 11 is 0. The number of rotatable bonds is 0. The van der Waals surface area contributed by atoms with Gasteiger partial charge in [-0.05, 0) is 47.8 Å². The van der Waals surface area contributed by atoms with Gasteiger partial charge >= 0.3 is 0 Å². The second kappa shape index (κ2) is 6.39. The third-order valence-corrected chi connectivity index (χ3v) is 3.14. The predicted octanol–water partition coefficient (Wildman–Crippen LogP) is 2.71. The van der Waals surface area contributed by atoms with Crippen LogP contribution in [0.1, 0.15) is 31.9 Å². The predicted molar refractivity (Wildman–Crippen MR) is 87.0 cm³/mol. The molecule has 0 aromatic heterocycles. The Balaban J connectivity index is 0.000000235. The van der Waals surface area contributed by atoms with Gasteiger partial charge in [0, 0.05) is 0 Å². The Hall–Kier alpha value is -2.36. The first-order chi connectivity index (χ1) is 9.62. The van der Waals surface area contributed by atoms with Gasteiger partial charge in [0.15, 0.2) is 11.6 Å². The molecule has 0 atom stereocenters. The summed E-state index contributed by atoms with van der Waals surface area (Å²) < 4.78 is 0. The van der Waals surface area contributed by atoms with Crippen molar-refractivity contribution in [3.63, 3.8) is 0 Å². The summed E-state index contributed by atoms with van der Waals surface area (Å²) in [7, 11) is 0. The molecule has 2 rings (SSSR count). The number of allylic oxidation sites excluding steroid dienone is 4. The van der Waals surface area contributed by atoms with Gasteiger partial charge in [-0.25, -0.2) is 0 Å². The number of carbonyl (C=O) groups excluding carboxylic acids is 2. The van der Waals surface area contributed by atoms with E-state index in [4.69, 9.17) is 11.5 Å². The maximum atomic E-state index is 10.3. The molecule has 0 aliphatic heterocycles. The van der Waals surface area contributed by atoms with Gasteiger partial charge in [0.2, 0.25) is 0 Å². The highest BCUT2D eigenvalue weighted by atomic mass is 16.1. The van der Waals surface area contributed by atoms with Gasteiger partial charge in [-0.1, -0.05) is 32.9 Å². The molecule has 0 heterocycles. The topological polar surface area (TPSA) is 86.2 Å². The van der Waals surface area contributed by atoms with Crippen LogP contribution in [0.25, 0.3) is 0 Å². The fourth-order valence-corrected chi connectivity index (χ4v) is 1.84. The van der Waals surface area contributed by atoms with Crippen LogP contribution in [0.2, 0.25) is 0 Å². The summed E-state index contributed by atoms with van der Waals surface area (Å²) in [6, 6.07) is 4.08. The summed E-state index contributed by atoms with van der Waals surface area (Å²) in [6.07, 6.45) is 5.01. The van der Waals surface area contributed by atoms with Gasteiger partial charge in [-0.2, -0.15) is 0 Å². The van der Waals surface area contributed by atoms with Crippen molar-refractivity contribution in [2.24, 2.45) is 0 Å². The normalized spacial score (nSPS) is 13.9. The lowest BCUT2D eigenvalue weighted by atomic mass is 9.85. The Bertz CT molecular complexity index is 582. The Morgan fingerprint density at radius 2 is 1.24 bits per heavy atom. The van der Waals surface area contributed by atoms with Crippen molar-refractivity contribution in [3.8, 4) is 0 Å². The first kappa shape index (κ1) is 16.7. The number of hydrogen-bond donors (Lipinski definition) is 2. The van der Waals surface area contributed by atoms with Crippen molar-refractivity contribution >= 4 is 22.9 Å². The SMILES string of the molecule is Cc1ccc(C(C)(C)C)c(N)c1N.O=C1C=CC(=O)C=C1. The summed E-state index contributed by atoms with van der Waals surface area (Å²) in [5, 5.41) is 0. The summed E-state index contributed by atoms with van der Waals surface area (Å²) in [5.41, 5.74) is 15.5. The standard InChI is InChI=1S/C11H18N2.C6H4O2/c1-7-5-6-8(11(2,3)4)10(13)9(7)12;7-5-1-2-6(8)4-3-5/h5-6H,12-13H2,1-4H3;1-4H. The largest absolute Gasteiger partial charge is 0.397 e. The van der Waals surface area contributed by atoms with Crippen molar-refractivity contribution in [2.45, 2.75) is 33.1 Å². The second-order valence-corrected chi connectivity index (χ2v) is 5.98. The molecule has 4 heteroatoms. The van der Waals surface area contributed by atoms with Crippen LogP contribution >= 0.6 is 0 Å².